The second-order valence-corrected chi connectivity index (χ2v) is 6.66. The molecule has 1 spiro atoms. The molecule has 17 heavy (non-hydrogen) atoms. The summed E-state index contributed by atoms with van der Waals surface area (Å²) in [6.45, 7) is 9.24. The Morgan fingerprint density at radius 3 is 2.71 bits per heavy atom. The highest BCUT2D eigenvalue weighted by molar-refractivity contribution is 4.96. The summed E-state index contributed by atoms with van der Waals surface area (Å²) in [6, 6.07) is 0. The second kappa shape index (κ2) is 4.87. The summed E-state index contributed by atoms with van der Waals surface area (Å²) in [7, 11) is 2.26. The van der Waals surface area contributed by atoms with Crippen molar-refractivity contribution in [1.29, 1.82) is 0 Å². The number of hydrogen-bond donors (Lipinski definition) is 1. The highest BCUT2D eigenvalue weighted by atomic mass is 15.2. The molecule has 3 heteroatoms. The maximum Gasteiger partial charge on any atom is 0.00512 e. The summed E-state index contributed by atoms with van der Waals surface area (Å²) in [6.07, 6.45) is 5.68. The third-order valence-corrected chi connectivity index (χ3v) is 5.20. The Hall–Kier alpha value is -0.120. The molecule has 3 heterocycles. The topological polar surface area (TPSA) is 18.5 Å². The number of piperidine rings is 1. The van der Waals surface area contributed by atoms with Gasteiger partial charge in [0.25, 0.3) is 0 Å². The minimum absolute atomic E-state index is 0.658. The largest absolute Gasteiger partial charge is 0.316 e. The Balaban J connectivity index is 1.47. The molecule has 0 radical (unpaired) electrons. The maximum absolute atomic E-state index is 3.55. The average molecular weight is 237 g/mol. The van der Waals surface area contributed by atoms with Crippen LogP contribution in [0.1, 0.15) is 25.7 Å². The highest BCUT2D eigenvalue weighted by Gasteiger charge is 2.40. The summed E-state index contributed by atoms with van der Waals surface area (Å²) in [5.74, 6) is 0.968. The van der Waals surface area contributed by atoms with Crippen LogP contribution in [0.3, 0.4) is 0 Å². The maximum atomic E-state index is 3.55. The van der Waals surface area contributed by atoms with E-state index in [0.29, 0.717) is 5.41 Å². The first kappa shape index (κ1) is 11.9. The smallest absolute Gasteiger partial charge is 0.00512 e. The van der Waals surface area contributed by atoms with E-state index >= 15 is 0 Å². The van der Waals surface area contributed by atoms with E-state index < -0.39 is 0 Å². The van der Waals surface area contributed by atoms with E-state index in [4.69, 9.17) is 0 Å². The van der Waals surface area contributed by atoms with Gasteiger partial charge in [0.2, 0.25) is 0 Å². The van der Waals surface area contributed by atoms with Gasteiger partial charge in [-0.05, 0) is 70.2 Å². The summed E-state index contributed by atoms with van der Waals surface area (Å²) in [5, 5.41) is 3.55. The van der Waals surface area contributed by atoms with Gasteiger partial charge in [0.05, 0.1) is 0 Å². The number of nitrogens with one attached hydrogen (secondary N) is 1. The normalized spacial score (nSPS) is 37.2. The van der Waals surface area contributed by atoms with Crippen molar-refractivity contribution in [3.8, 4) is 0 Å². The lowest BCUT2D eigenvalue weighted by atomic mass is 9.86. The van der Waals surface area contributed by atoms with Gasteiger partial charge >= 0.3 is 0 Å². The highest BCUT2D eigenvalue weighted by Crippen LogP contribution is 2.36. The molecule has 0 amide bonds. The Bertz CT molecular complexity index is 252. The van der Waals surface area contributed by atoms with Gasteiger partial charge in [-0.25, -0.2) is 0 Å². The molecular weight excluding hydrogens is 210 g/mol. The van der Waals surface area contributed by atoms with Crippen LogP contribution in [0.5, 0.6) is 0 Å². The minimum Gasteiger partial charge on any atom is -0.316 e. The molecule has 3 fully saturated rings. The molecule has 1 unspecified atom stereocenters. The standard InChI is InChI=1S/C14H27N3/c1-16-7-2-13(3-8-16)10-17-9-5-14(12-17)4-6-15-11-14/h13,15H,2-12H2,1H3. The van der Waals surface area contributed by atoms with Crippen LogP contribution in [0.25, 0.3) is 0 Å². The Labute approximate surface area is 106 Å². The predicted molar refractivity (Wildman–Crippen MR) is 71.2 cm³/mol. The predicted octanol–water partition coefficient (Wildman–Crippen LogP) is 1.01. The first-order valence-corrected chi connectivity index (χ1v) is 7.37. The number of nitrogens with zero attached hydrogens (tertiary/aromatic N) is 2. The van der Waals surface area contributed by atoms with E-state index in [1.165, 1.54) is 71.5 Å². The molecule has 0 saturated carbocycles. The molecule has 0 aromatic carbocycles. The van der Waals surface area contributed by atoms with Crippen LogP contribution in [0.2, 0.25) is 0 Å². The Kier molecular flexibility index (Phi) is 3.42. The summed E-state index contributed by atoms with van der Waals surface area (Å²) < 4.78 is 0. The Morgan fingerprint density at radius 1 is 1.18 bits per heavy atom. The molecule has 1 atom stereocenters. The van der Waals surface area contributed by atoms with Crippen LogP contribution < -0.4 is 5.32 Å². The zero-order valence-corrected chi connectivity index (χ0v) is 11.2. The third-order valence-electron chi connectivity index (χ3n) is 5.20. The van der Waals surface area contributed by atoms with Crippen LogP contribution in [0, 0.1) is 11.3 Å². The summed E-state index contributed by atoms with van der Waals surface area (Å²) in [5.41, 5.74) is 0.658. The molecule has 0 aromatic heterocycles. The van der Waals surface area contributed by atoms with E-state index in [0.717, 1.165) is 5.92 Å². The van der Waals surface area contributed by atoms with Crippen LogP contribution in [-0.2, 0) is 0 Å². The fourth-order valence-corrected chi connectivity index (χ4v) is 3.94. The quantitative estimate of drug-likeness (QED) is 0.773. The van der Waals surface area contributed by atoms with Crippen molar-refractivity contribution in [3.63, 3.8) is 0 Å². The van der Waals surface area contributed by atoms with Gasteiger partial charge in [0.1, 0.15) is 0 Å². The van der Waals surface area contributed by atoms with Gasteiger partial charge in [-0.1, -0.05) is 0 Å². The van der Waals surface area contributed by atoms with Crippen LogP contribution in [0.4, 0.5) is 0 Å². The fraction of sp³-hybridized carbons (Fsp3) is 1.00. The molecular formula is C14H27N3. The van der Waals surface area contributed by atoms with Crippen molar-refractivity contribution in [3.05, 3.63) is 0 Å². The molecule has 1 N–H and O–H groups in total. The van der Waals surface area contributed by atoms with Gasteiger partial charge in [-0.15, -0.1) is 0 Å². The lowest BCUT2D eigenvalue weighted by Gasteiger charge is -2.32. The molecule has 0 bridgehead atoms. The van der Waals surface area contributed by atoms with E-state index in [1.54, 1.807) is 0 Å². The first-order valence-electron chi connectivity index (χ1n) is 7.37. The molecule has 3 saturated heterocycles. The SMILES string of the molecule is CN1CCC(CN2CCC3(CCNC3)C2)CC1. The molecule has 3 nitrogen and oxygen atoms in total. The average Bonchev–Trinajstić information content (AvgIpc) is 2.94. The monoisotopic (exact) mass is 237 g/mol. The molecule has 98 valence electrons. The van der Waals surface area contributed by atoms with Crippen molar-refractivity contribution >= 4 is 0 Å². The lowest BCUT2D eigenvalue weighted by Crippen LogP contribution is -2.37. The van der Waals surface area contributed by atoms with Crippen LogP contribution in [-0.4, -0.2) is 62.7 Å². The zero-order valence-electron chi connectivity index (χ0n) is 11.2. The van der Waals surface area contributed by atoms with E-state index in [-0.39, 0.29) is 0 Å². The van der Waals surface area contributed by atoms with Gasteiger partial charge in [0, 0.05) is 19.6 Å². The van der Waals surface area contributed by atoms with Crippen LogP contribution >= 0.6 is 0 Å². The van der Waals surface area contributed by atoms with Gasteiger partial charge in [-0.2, -0.15) is 0 Å². The zero-order chi connectivity index (χ0) is 11.7. The van der Waals surface area contributed by atoms with Crippen molar-refractivity contribution in [2.45, 2.75) is 25.7 Å². The van der Waals surface area contributed by atoms with E-state index in [2.05, 4.69) is 22.2 Å². The van der Waals surface area contributed by atoms with Gasteiger partial charge in [-0.3, -0.25) is 0 Å². The number of likely N-dealkylation sites (tertiary alicyclic amines) is 2. The van der Waals surface area contributed by atoms with Gasteiger partial charge in [0.15, 0.2) is 0 Å². The number of rotatable bonds is 2. The molecule has 0 aliphatic carbocycles. The molecule has 3 rings (SSSR count). The van der Waals surface area contributed by atoms with E-state index in [9.17, 15) is 0 Å². The van der Waals surface area contributed by atoms with Crippen molar-refractivity contribution in [2.75, 3.05) is 52.9 Å². The van der Waals surface area contributed by atoms with Crippen molar-refractivity contribution in [1.82, 2.24) is 15.1 Å². The minimum atomic E-state index is 0.658. The third kappa shape index (κ3) is 2.67. The molecule has 3 aliphatic rings. The van der Waals surface area contributed by atoms with Crippen molar-refractivity contribution in [2.24, 2.45) is 11.3 Å². The first-order chi connectivity index (χ1) is 8.26. The summed E-state index contributed by atoms with van der Waals surface area (Å²) >= 11 is 0. The van der Waals surface area contributed by atoms with Crippen molar-refractivity contribution < 1.29 is 0 Å². The summed E-state index contributed by atoms with van der Waals surface area (Å²) in [4.78, 5) is 5.23. The Morgan fingerprint density at radius 2 is 2.00 bits per heavy atom. The molecule has 0 aromatic rings. The molecule has 3 aliphatic heterocycles. The van der Waals surface area contributed by atoms with Gasteiger partial charge < -0.3 is 15.1 Å². The lowest BCUT2D eigenvalue weighted by molar-refractivity contribution is 0.167. The van der Waals surface area contributed by atoms with E-state index in [1.807, 2.05) is 0 Å². The fourth-order valence-electron chi connectivity index (χ4n) is 3.94. The van der Waals surface area contributed by atoms with Crippen LogP contribution in [0.15, 0.2) is 0 Å². The second-order valence-electron chi connectivity index (χ2n) is 6.66. The number of hydrogen-bond acceptors (Lipinski definition) is 3.